The Bertz CT molecular complexity index is 975. The number of nitrogens with one attached hydrogen (secondary N) is 4. The molecule has 0 spiro atoms. The second-order valence-corrected chi connectivity index (χ2v) is 6.21. The van der Waals surface area contributed by atoms with Crippen LogP contribution in [0, 0.1) is 5.41 Å². The van der Waals surface area contributed by atoms with Crippen LogP contribution in [0.15, 0.2) is 48.6 Å². The number of fused-ring (bicyclic) bond motifs is 5. The highest BCUT2D eigenvalue weighted by Gasteiger charge is 2.19. The van der Waals surface area contributed by atoms with Crippen molar-refractivity contribution in [1.29, 1.82) is 5.41 Å². The van der Waals surface area contributed by atoms with Crippen LogP contribution in [0.5, 0.6) is 5.88 Å². The second-order valence-electron chi connectivity index (χ2n) is 6.21. The number of ether oxygens (including phenoxy) is 2. The Kier molecular flexibility index (Phi) is 7.06. The van der Waals surface area contributed by atoms with E-state index < -0.39 is 17.5 Å². The van der Waals surface area contributed by atoms with E-state index in [1.54, 1.807) is 37.5 Å². The fourth-order valence-electron chi connectivity index (χ4n) is 2.66. The first-order valence-corrected chi connectivity index (χ1v) is 9.27. The summed E-state index contributed by atoms with van der Waals surface area (Å²) in [4.78, 5) is 33.2. The minimum Gasteiger partial charge on any atom is -0.475 e. The minimum absolute atomic E-state index is 0.0221. The summed E-state index contributed by atoms with van der Waals surface area (Å²) in [7, 11) is 1.60. The van der Waals surface area contributed by atoms with E-state index in [-0.39, 0.29) is 24.5 Å². The van der Waals surface area contributed by atoms with Crippen LogP contribution in [-0.4, -0.2) is 60.9 Å². The molecule has 1 aliphatic heterocycles. The van der Waals surface area contributed by atoms with E-state index in [9.17, 15) is 9.59 Å². The number of rotatable bonds is 1. The van der Waals surface area contributed by atoms with E-state index in [2.05, 4.69) is 25.9 Å². The zero-order valence-electron chi connectivity index (χ0n) is 16.4. The molecule has 3 rings (SSSR count). The van der Waals surface area contributed by atoms with Gasteiger partial charge >= 0.3 is 0 Å². The molecule has 2 aromatic rings. The zero-order chi connectivity index (χ0) is 21.3. The van der Waals surface area contributed by atoms with Crippen LogP contribution in [0.25, 0.3) is 11.1 Å². The van der Waals surface area contributed by atoms with Crippen LogP contribution in [0.2, 0.25) is 0 Å². The van der Waals surface area contributed by atoms with Crippen LogP contribution in [0.4, 0.5) is 0 Å². The van der Waals surface area contributed by atoms with Gasteiger partial charge in [0.05, 0.1) is 18.9 Å². The van der Waals surface area contributed by atoms with Crippen LogP contribution >= 0.6 is 0 Å². The van der Waals surface area contributed by atoms with Gasteiger partial charge in [-0.05, 0) is 29.3 Å². The number of pyridine rings is 2. The van der Waals surface area contributed by atoms with Gasteiger partial charge in [0.25, 0.3) is 11.8 Å². The quantitative estimate of drug-likeness (QED) is 0.536. The third-order valence-electron chi connectivity index (χ3n) is 4.10. The summed E-state index contributed by atoms with van der Waals surface area (Å²) in [5.74, 6) is -0.759. The Hall–Kier alpha value is -3.79. The lowest BCUT2D eigenvalue weighted by Crippen LogP contribution is -2.39. The fraction of sp³-hybridized carbons (Fsp3) is 0.250. The lowest BCUT2D eigenvalue weighted by atomic mass is 10.1. The number of hydrogen-bond donors (Lipinski definition) is 4. The molecule has 0 saturated heterocycles. The molecule has 1 aliphatic rings. The van der Waals surface area contributed by atoms with Gasteiger partial charge in [0.1, 0.15) is 18.0 Å². The molecule has 10 nitrogen and oxygen atoms in total. The molecule has 3 heterocycles. The highest BCUT2D eigenvalue weighted by Crippen LogP contribution is 2.22. The summed E-state index contributed by atoms with van der Waals surface area (Å²) in [6, 6.07) is 6.94. The predicted molar refractivity (Wildman–Crippen MR) is 109 cm³/mol. The molecule has 156 valence electrons. The van der Waals surface area contributed by atoms with Crippen molar-refractivity contribution in [2.75, 3.05) is 33.4 Å². The van der Waals surface area contributed by atoms with E-state index in [4.69, 9.17) is 14.9 Å². The molecule has 4 bridgehead atoms. The summed E-state index contributed by atoms with van der Waals surface area (Å²) in [6.07, 6.45) is 4.50. The molecule has 0 aromatic carbocycles. The van der Waals surface area contributed by atoms with Crippen molar-refractivity contribution in [3.05, 3.63) is 54.3 Å². The first-order valence-electron chi connectivity index (χ1n) is 9.27. The van der Waals surface area contributed by atoms with E-state index in [0.29, 0.717) is 19.1 Å². The maximum Gasteiger partial charge on any atom is 0.274 e. The van der Waals surface area contributed by atoms with Gasteiger partial charge in [0, 0.05) is 38.3 Å². The van der Waals surface area contributed by atoms with Gasteiger partial charge in [0.2, 0.25) is 5.88 Å². The van der Waals surface area contributed by atoms with Gasteiger partial charge in [-0.25, -0.2) is 4.98 Å². The number of carbonyl (C=O) groups is 2. The van der Waals surface area contributed by atoms with Gasteiger partial charge in [-0.15, -0.1) is 0 Å². The summed E-state index contributed by atoms with van der Waals surface area (Å²) < 4.78 is 11.0. The number of nitrogens with zero attached hydrogens (tertiary/aromatic N) is 2. The topological polar surface area (TPSA) is 138 Å². The fourth-order valence-corrected chi connectivity index (χ4v) is 2.66. The SMILES string of the molecule is CN/C=C1/NC(=O)c2cc(ccn2)-c2ccnc(c2)OCCOCCNC(=O)C1=N. The second kappa shape index (κ2) is 10.1. The molecular formula is C20H22N6O4. The van der Waals surface area contributed by atoms with Crippen LogP contribution < -0.4 is 20.7 Å². The molecule has 0 unspecified atom stereocenters. The minimum atomic E-state index is -0.640. The van der Waals surface area contributed by atoms with Crippen molar-refractivity contribution in [2.45, 2.75) is 0 Å². The van der Waals surface area contributed by atoms with Crippen molar-refractivity contribution < 1.29 is 19.1 Å². The van der Waals surface area contributed by atoms with E-state index in [1.165, 1.54) is 12.4 Å². The van der Waals surface area contributed by atoms with Crippen molar-refractivity contribution >= 4 is 17.5 Å². The van der Waals surface area contributed by atoms with Gasteiger partial charge in [-0.1, -0.05) is 0 Å². The van der Waals surface area contributed by atoms with Crippen LogP contribution in [0.1, 0.15) is 10.5 Å². The number of carbonyl (C=O) groups excluding carboxylic acids is 2. The van der Waals surface area contributed by atoms with Gasteiger partial charge in [-0.2, -0.15) is 0 Å². The third kappa shape index (κ3) is 5.39. The average Bonchev–Trinajstić information content (AvgIpc) is 2.77. The highest BCUT2D eigenvalue weighted by atomic mass is 16.5. The standard InChI is InChI=1S/C20H22N6O4/c1-22-12-16-18(21)20(28)25-6-7-29-8-9-30-17-11-14(3-5-24-17)13-2-4-23-15(10-13)19(27)26-16/h2-5,10-12,21-22H,6-9H2,1H3,(H,25,28)(H,26,27)/b16-12+,21-18?. The van der Waals surface area contributed by atoms with Crippen molar-refractivity contribution in [3.63, 3.8) is 0 Å². The molecule has 0 atom stereocenters. The molecular weight excluding hydrogens is 388 g/mol. The Balaban J connectivity index is 1.93. The lowest BCUT2D eigenvalue weighted by Gasteiger charge is -2.13. The van der Waals surface area contributed by atoms with E-state index >= 15 is 0 Å². The molecule has 10 heteroatoms. The number of hydrogen-bond acceptors (Lipinski definition) is 8. The monoisotopic (exact) mass is 410 g/mol. The average molecular weight is 410 g/mol. The van der Waals surface area contributed by atoms with Gasteiger partial charge < -0.3 is 25.4 Å². The summed E-state index contributed by atoms with van der Waals surface area (Å²) >= 11 is 0. The third-order valence-corrected chi connectivity index (χ3v) is 4.10. The van der Waals surface area contributed by atoms with Crippen molar-refractivity contribution in [1.82, 2.24) is 25.9 Å². The molecule has 30 heavy (non-hydrogen) atoms. The number of amides is 2. The smallest absolute Gasteiger partial charge is 0.274 e. The summed E-state index contributed by atoms with van der Waals surface area (Å²) in [6.45, 7) is 1.07. The van der Waals surface area contributed by atoms with Crippen molar-refractivity contribution in [3.8, 4) is 17.0 Å². The highest BCUT2D eigenvalue weighted by molar-refractivity contribution is 6.44. The van der Waals surface area contributed by atoms with Crippen molar-refractivity contribution in [2.24, 2.45) is 0 Å². The van der Waals surface area contributed by atoms with Gasteiger partial charge in [0.15, 0.2) is 0 Å². The molecule has 0 radical (unpaired) electrons. The first-order chi connectivity index (χ1) is 14.6. The molecule has 2 aromatic heterocycles. The molecule has 2 amide bonds. The maximum atomic E-state index is 12.7. The van der Waals surface area contributed by atoms with Gasteiger partial charge in [-0.3, -0.25) is 20.0 Å². The van der Waals surface area contributed by atoms with E-state index in [1.807, 2.05) is 0 Å². The summed E-state index contributed by atoms with van der Waals surface area (Å²) in [5, 5.41) is 15.9. The van der Waals surface area contributed by atoms with Crippen LogP contribution in [-0.2, 0) is 9.53 Å². The Morgan fingerprint density at radius 2 is 1.83 bits per heavy atom. The lowest BCUT2D eigenvalue weighted by molar-refractivity contribution is -0.115. The maximum absolute atomic E-state index is 12.7. The molecule has 0 aliphatic carbocycles. The predicted octanol–water partition coefficient (Wildman–Crippen LogP) is 0.479. The number of aromatic nitrogens is 2. The Labute approximate surface area is 173 Å². The Morgan fingerprint density at radius 1 is 1.07 bits per heavy atom. The summed E-state index contributed by atoms with van der Waals surface area (Å²) in [5.41, 5.74) is 1.31. The zero-order valence-corrected chi connectivity index (χ0v) is 16.4. The Morgan fingerprint density at radius 3 is 2.63 bits per heavy atom. The molecule has 0 saturated carbocycles. The van der Waals surface area contributed by atoms with E-state index in [0.717, 1.165) is 11.1 Å². The first kappa shape index (κ1) is 20.9. The molecule has 0 fully saturated rings. The normalized spacial score (nSPS) is 17.2. The molecule has 4 N–H and O–H groups in total. The van der Waals surface area contributed by atoms with Crippen LogP contribution in [0.3, 0.4) is 0 Å². The largest absolute Gasteiger partial charge is 0.475 e.